The Hall–Kier alpha value is -1.79. The number of amides is 1. The largest absolute Gasteiger partial charge is 0.482 e. The Balaban J connectivity index is 1.88. The first-order valence-corrected chi connectivity index (χ1v) is 6.84. The van der Waals surface area contributed by atoms with Crippen LogP contribution in [0.15, 0.2) is 24.3 Å². The lowest BCUT2D eigenvalue weighted by atomic mass is 10.2. The van der Waals surface area contributed by atoms with Gasteiger partial charge in [0.2, 0.25) is 0 Å². The summed E-state index contributed by atoms with van der Waals surface area (Å²) >= 11 is 5.95. The number of carbonyl (C=O) groups excluding carboxylic acids is 2. The molecule has 1 heterocycles. The number of para-hydroxylation sites is 1. The van der Waals surface area contributed by atoms with Gasteiger partial charge in [0, 0.05) is 6.54 Å². The fraction of sp³-hybridized carbons (Fsp3) is 0.429. The van der Waals surface area contributed by atoms with Crippen LogP contribution in [-0.4, -0.2) is 56.3 Å². The number of rotatable bonds is 4. The van der Waals surface area contributed by atoms with Crippen LogP contribution >= 0.6 is 11.6 Å². The summed E-state index contributed by atoms with van der Waals surface area (Å²) in [5.41, 5.74) is 0. The minimum Gasteiger partial charge on any atom is -0.482 e. The van der Waals surface area contributed by atoms with Crippen molar-refractivity contribution in [2.24, 2.45) is 0 Å². The highest BCUT2D eigenvalue weighted by Gasteiger charge is 2.30. The van der Waals surface area contributed by atoms with E-state index in [0.29, 0.717) is 17.3 Å². The molecule has 2 rings (SSSR count). The molecule has 6 nitrogen and oxygen atoms in total. The number of halogens is 1. The molecule has 0 radical (unpaired) electrons. The second-order valence-electron chi connectivity index (χ2n) is 4.44. The van der Waals surface area contributed by atoms with E-state index in [9.17, 15) is 9.59 Å². The Kier molecular flexibility index (Phi) is 5.41. The van der Waals surface area contributed by atoms with Crippen molar-refractivity contribution in [1.82, 2.24) is 4.90 Å². The van der Waals surface area contributed by atoms with Gasteiger partial charge in [-0.3, -0.25) is 4.79 Å². The normalized spacial score (nSPS) is 18.2. The number of benzene rings is 1. The highest BCUT2D eigenvalue weighted by molar-refractivity contribution is 6.32. The zero-order valence-electron chi connectivity index (χ0n) is 11.6. The van der Waals surface area contributed by atoms with Crippen LogP contribution in [0.2, 0.25) is 5.02 Å². The standard InChI is InChI=1S/C14H16ClNO5/c1-19-14(18)12-8-16(6-7-20-12)13(17)9-21-11-5-3-2-4-10(11)15/h2-5,12H,6-9H2,1H3. The van der Waals surface area contributed by atoms with Crippen molar-refractivity contribution in [2.45, 2.75) is 6.10 Å². The van der Waals surface area contributed by atoms with Crippen LogP contribution in [0.25, 0.3) is 0 Å². The van der Waals surface area contributed by atoms with Crippen LogP contribution in [0.1, 0.15) is 0 Å². The first kappa shape index (κ1) is 15.6. The average molecular weight is 314 g/mol. The first-order valence-electron chi connectivity index (χ1n) is 6.46. The number of ether oxygens (including phenoxy) is 3. The van der Waals surface area contributed by atoms with E-state index >= 15 is 0 Å². The second-order valence-corrected chi connectivity index (χ2v) is 4.85. The average Bonchev–Trinajstić information content (AvgIpc) is 2.53. The monoisotopic (exact) mass is 313 g/mol. The van der Waals surface area contributed by atoms with Crippen LogP contribution in [0.3, 0.4) is 0 Å². The van der Waals surface area contributed by atoms with E-state index < -0.39 is 12.1 Å². The Labute approximate surface area is 127 Å². The molecule has 1 atom stereocenters. The molecule has 1 fully saturated rings. The highest BCUT2D eigenvalue weighted by Crippen LogP contribution is 2.23. The third-order valence-electron chi connectivity index (χ3n) is 3.07. The molecule has 1 aromatic rings. The summed E-state index contributed by atoms with van der Waals surface area (Å²) in [6.07, 6.45) is -0.743. The van der Waals surface area contributed by atoms with Crippen LogP contribution < -0.4 is 4.74 Å². The SMILES string of the molecule is COC(=O)C1CN(C(=O)COc2ccccc2Cl)CCO1. The summed E-state index contributed by atoms with van der Waals surface area (Å²) in [7, 11) is 1.28. The fourth-order valence-electron chi connectivity index (χ4n) is 1.94. The molecule has 0 aromatic heterocycles. The molecule has 0 N–H and O–H groups in total. The molecule has 1 aliphatic heterocycles. The molecule has 0 spiro atoms. The van der Waals surface area contributed by atoms with Crippen molar-refractivity contribution in [3.63, 3.8) is 0 Å². The summed E-state index contributed by atoms with van der Waals surface area (Å²) in [6.45, 7) is 0.727. The van der Waals surface area contributed by atoms with Crippen molar-refractivity contribution in [1.29, 1.82) is 0 Å². The molecule has 0 bridgehead atoms. The Bertz CT molecular complexity index is 522. The van der Waals surface area contributed by atoms with Crippen molar-refractivity contribution in [3.8, 4) is 5.75 Å². The van der Waals surface area contributed by atoms with Gasteiger partial charge in [0.15, 0.2) is 12.7 Å². The summed E-state index contributed by atoms with van der Waals surface area (Å²) < 4.78 is 15.3. The summed E-state index contributed by atoms with van der Waals surface area (Å²) in [4.78, 5) is 25.0. The Morgan fingerprint density at radius 3 is 2.90 bits per heavy atom. The van der Waals surface area contributed by atoms with E-state index in [2.05, 4.69) is 4.74 Å². The Morgan fingerprint density at radius 2 is 2.19 bits per heavy atom. The third-order valence-corrected chi connectivity index (χ3v) is 3.38. The van der Waals surface area contributed by atoms with Crippen LogP contribution in [0, 0.1) is 0 Å². The van der Waals surface area contributed by atoms with Crippen molar-refractivity contribution >= 4 is 23.5 Å². The van der Waals surface area contributed by atoms with E-state index in [4.69, 9.17) is 21.1 Å². The molecule has 1 aromatic carbocycles. The number of hydrogen-bond acceptors (Lipinski definition) is 5. The van der Waals surface area contributed by atoms with Gasteiger partial charge in [0.05, 0.1) is 25.3 Å². The number of esters is 1. The Morgan fingerprint density at radius 1 is 1.43 bits per heavy atom. The van der Waals surface area contributed by atoms with Gasteiger partial charge in [-0.05, 0) is 12.1 Å². The summed E-state index contributed by atoms with van der Waals surface area (Å²) in [5, 5.41) is 0.444. The lowest BCUT2D eigenvalue weighted by Crippen LogP contribution is -2.50. The van der Waals surface area contributed by atoms with E-state index in [1.54, 1.807) is 24.3 Å². The van der Waals surface area contributed by atoms with Gasteiger partial charge in [-0.1, -0.05) is 23.7 Å². The molecule has 114 valence electrons. The van der Waals surface area contributed by atoms with Gasteiger partial charge >= 0.3 is 5.97 Å². The fourth-order valence-corrected chi connectivity index (χ4v) is 2.13. The van der Waals surface area contributed by atoms with Crippen LogP contribution in [0.4, 0.5) is 0 Å². The maximum absolute atomic E-state index is 12.1. The second kappa shape index (κ2) is 7.28. The predicted molar refractivity (Wildman–Crippen MR) is 75.3 cm³/mol. The molecule has 1 unspecified atom stereocenters. The third kappa shape index (κ3) is 4.09. The quantitative estimate of drug-likeness (QED) is 0.779. The number of morpholine rings is 1. The van der Waals surface area contributed by atoms with Crippen molar-refractivity contribution in [2.75, 3.05) is 33.4 Å². The maximum atomic E-state index is 12.1. The van der Waals surface area contributed by atoms with Gasteiger partial charge in [-0.2, -0.15) is 0 Å². The molecule has 7 heteroatoms. The molecule has 0 aliphatic carbocycles. The summed E-state index contributed by atoms with van der Waals surface area (Å²) in [6, 6.07) is 6.92. The van der Waals surface area contributed by atoms with E-state index in [0.717, 1.165) is 0 Å². The zero-order chi connectivity index (χ0) is 15.2. The van der Waals surface area contributed by atoms with Gasteiger partial charge in [0.25, 0.3) is 5.91 Å². The number of carbonyl (C=O) groups is 2. The van der Waals surface area contributed by atoms with Gasteiger partial charge in [-0.25, -0.2) is 4.79 Å². The molecule has 1 amide bonds. The molecule has 1 aliphatic rings. The van der Waals surface area contributed by atoms with Crippen LogP contribution in [0.5, 0.6) is 5.75 Å². The van der Waals surface area contributed by atoms with E-state index in [-0.39, 0.29) is 25.7 Å². The topological polar surface area (TPSA) is 65.1 Å². The molecular weight excluding hydrogens is 298 g/mol. The number of nitrogens with zero attached hydrogens (tertiary/aromatic N) is 1. The highest BCUT2D eigenvalue weighted by atomic mass is 35.5. The maximum Gasteiger partial charge on any atom is 0.336 e. The van der Waals surface area contributed by atoms with Crippen LogP contribution in [-0.2, 0) is 19.1 Å². The molecule has 21 heavy (non-hydrogen) atoms. The number of methoxy groups -OCH3 is 1. The smallest absolute Gasteiger partial charge is 0.336 e. The van der Waals surface area contributed by atoms with E-state index in [1.165, 1.54) is 12.0 Å². The van der Waals surface area contributed by atoms with Crippen molar-refractivity contribution in [3.05, 3.63) is 29.3 Å². The predicted octanol–water partition coefficient (Wildman–Crippen LogP) is 1.12. The van der Waals surface area contributed by atoms with Crippen molar-refractivity contribution < 1.29 is 23.8 Å². The van der Waals surface area contributed by atoms with Gasteiger partial charge < -0.3 is 19.1 Å². The minimum absolute atomic E-state index is 0.141. The number of hydrogen-bond donors (Lipinski definition) is 0. The first-order chi connectivity index (χ1) is 10.1. The lowest BCUT2D eigenvalue weighted by Gasteiger charge is -2.31. The van der Waals surface area contributed by atoms with E-state index in [1.807, 2.05) is 0 Å². The lowest BCUT2D eigenvalue weighted by molar-refractivity contribution is -0.163. The molecule has 0 saturated carbocycles. The summed E-state index contributed by atoms with van der Waals surface area (Å²) in [5.74, 6) is -0.267. The van der Waals surface area contributed by atoms with Gasteiger partial charge in [0.1, 0.15) is 5.75 Å². The zero-order valence-corrected chi connectivity index (χ0v) is 12.3. The molecule has 1 saturated heterocycles. The minimum atomic E-state index is -0.743. The van der Waals surface area contributed by atoms with Gasteiger partial charge in [-0.15, -0.1) is 0 Å². The molecular formula is C14H16ClNO5.